The summed E-state index contributed by atoms with van der Waals surface area (Å²) in [6, 6.07) is 63.6. The van der Waals surface area contributed by atoms with Crippen LogP contribution < -0.4 is 9.80 Å². The van der Waals surface area contributed by atoms with Crippen LogP contribution in [-0.2, 0) is 5.41 Å². The topological polar surface area (TPSA) is 6.48 Å². The van der Waals surface area contributed by atoms with Gasteiger partial charge in [-0.2, -0.15) is 0 Å². The number of fused-ring (bicyclic) bond motifs is 2. The van der Waals surface area contributed by atoms with Gasteiger partial charge in [0.15, 0.2) is 0 Å². The van der Waals surface area contributed by atoms with E-state index in [0.717, 1.165) is 17.1 Å². The smallest absolute Gasteiger partial charge is 0.0503 e. The minimum absolute atomic E-state index is 0.159. The van der Waals surface area contributed by atoms with E-state index in [9.17, 15) is 0 Å². The van der Waals surface area contributed by atoms with Crippen molar-refractivity contribution in [2.45, 2.75) is 26.2 Å². The summed E-state index contributed by atoms with van der Waals surface area (Å²) in [5.74, 6) is 0. The first kappa shape index (κ1) is 29.5. The molecular formula is C46H38N2. The number of hydrogen-bond acceptors (Lipinski definition) is 2. The van der Waals surface area contributed by atoms with Crippen molar-refractivity contribution >= 4 is 34.1 Å². The average molecular weight is 619 g/mol. The maximum atomic E-state index is 2.42. The molecule has 1 aliphatic rings. The highest BCUT2D eigenvalue weighted by atomic mass is 15.2. The monoisotopic (exact) mass is 618 g/mol. The predicted octanol–water partition coefficient (Wildman–Crippen LogP) is 12.9. The molecule has 7 aromatic rings. The Balaban J connectivity index is 1.18. The van der Waals surface area contributed by atoms with E-state index >= 15 is 0 Å². The highest BCUT2D eigenvalue weighted by Crippen LogP contribution is 2.52. The maximum absolute atomic E-state index is 2.42. The standard InChI is InChI=1S/C46H38N2/c1-33-19-29-44-42(31-33)46(2,3)43-32-37(24-30-45(43)48(44)39-17-11-6-12-18-39)36-22-27-41(28-23-36)47(38-15-9-5-10-16-38)40-25-20-35(21-26-40)34-13-7-4-8-14-34/h4-32H,1-3H3. The Kier molecular flexibility index (Phi) is 7.42. The van der Waals surface area contributed by atoms with Crippen molar-refractivity contribution in [1.29, 1.82) is 0 Å². The van der Waals surface area contributed by atoms with Gasteiger partial charge in [-0.1, -0.05) is 129 Å². The third-order valence-corrected chi connectivity index (χ3v) is 9.70. The minimum Gasteiger partial charge on any atom is -0.311 e. The van der Waals surface area contributed by atoms with Gasteiger partial charge in [0.1, 0.15) is 0 Å². The van der Waals surface area contributed by atoms with Crippen LogP contribution in [0.5, 0.6) is 0 Å². The Bertz CT molecular complexity index is 2180. The van der Waals surface area contributed by atoms with Crippen molar-refractivity contribution in [3.05, 3.63) is 193 Å². The second-order valence-corrected chi connectivity index (χ2v) is 13.2. The zero-order chi connectivity index (χ0) is 32.7. The molecule has 0 saturated heterocycles. The normalized spacial score (nSPS) is 13.0. The van der Waals surface area contributed by atoms with E-state index in [4.69, 9.17) is 0 Å². The van der Waals surface area contributed by atoms with Crippen LogP contribution in [0.15, 0.2) is 176 Å². The van der Waals surface area contributed by atoms with Crippen LogP contribution in [0.1, 0.15) is 30.5 Å². The molecule has 0 spiro atoms. The van der Waals surface area contributed by atoms with Gasteiger partial charge in [0.05, 0.1) is 11.4 Å². The number of benzene rings is 7. The first-order valence-corrected chi connectivity index (χ1v) is 16.7. The minimum atomic E-state index is -0.159. The predicted molar refractivity (Wildman–Crippen MR) is 204 cm³/mol. The number of hydrogen-bond donors (Lipinski definition) is 0. The van der Waals surface area contributed by atoms with Crippen LogP contribution in [0, 0.1) is 6.92 Å². The third kappa shape index (κ3) is 5.26. The number of nitrogens with zero attached hydrogens (tertiary/aromatic N) is 2. The van der Waals surface area contributed by atoms with E-state index < -0.39 is 0 Å². The Morgan fingerprint density at radius 2 is 0.854 bits per heavy atom. The molecule has 0 bridgehead atoms. The molecule has 1 heterocycles. The highest BCUT2D eigenvalue weighted by Gasteiger charge is 2.37. The van der Waals surface area contributed by atoms with Crippen LogP contribution in [0.25, 0.3) is 22.3 Å². The molecule has 0 aliphatic carbocycles. The molecule has 0 aromatic heterocycles. The van der Waals surface area contributed by atoms with Crippen molar-refractivity contribution in [2.75, 3.05) is 9.80 Å². The number of aryl methyl sites for hydroxylation is 1. The van der Waals surface area contributed by atoms with E-state index in [-0.39, 0.29) is 5.41 Å². The summed E-state index contributed by atoms with van der Waals surface area (Å²) in [7, 11) is 0. The molecule has 2 nitrogen and oxygen atoms in total. The van der Waals surface area contributed by atoms with Crippen LogP contribution >= 0.6 is 0 Å². The molecule has 0 fully saturated rings. The molecule has 0 atom stereocenters. The van der Waals surface area contributed by atoms with Gasteiger partial charge >= 0.3 is 0 Å². The fourth-order valence-electron chi connectivity index (χ4n) is 7.15. The van der Waals surface area contributed by atoms with Gasteiger partial charge in [-0.25, -0.2) is 0 Å². The van der Waals surface area contributed by atoms with Crippen LogP contribution in [0.4, 0.5) is 34.1 Å². The molecule has 1 aliphatic heterocycles. The summed E-state index contributed by atoms with van der Waals surface area (Å²) in [5.41, 5.74) is 15.7. The van der Waals surface area contributed by atoms with E-state index in [1.54, 1.807) is 0 Å². The van der Waals surface area contributed by atoms with Gasteiger partial charge in [-0.15, -0.1) is 0 Å². The van der Waals surface area contributed by atoms with E-state index in [1.165, 1.54) is 56.0 Å². The number of para-hydroxylation sites is 2. The molecule has 0 radical (unpaired) electrons. The van der Waals surface area contributed by atoms with Gasteiger partial charge in [-0.3, -0.25) is 0 Å². The van der Waals surface area contributed by atoms with E-state index in [1.807, 2.05) is 0 Å². The van der Waals surface area contributed by atoms with Crippen molar-refractivity contribution in [1.82, 2.24) is 0 Å². The first-order valence-electron chi connectivity index (χ1n) is 16.7. The summed E-state index contributed by atoms with van der Waals surface area (Å²) in [5, 5.41) is 0. The molecule has 0 saturated carbocycles. The lowest BCUT2D eigenvalue weighted by atomic mass is 9.72. The fourth-order valence-corrected chi connectivity index (χ4v) is 7.15. The van der Waals surface area contributed by atoms with Crippen LogP contribution in [-0.4, -0.2) is 0 Å². The van der Waals surface area contributed by atoms with Crippen molar-refractivity contribution < 1.29 is 0 Å². The Morgan fingerprint density at radius 3 is 1.46 bits per heavy atom. The lowest BCUT2D eigenvalue weighted by molar-refractivity contribution is 0.631. The molecule has 0 N–H and O–H groups in total. The van der Waals surface area contributed by atoms with Gasteiger partial charge < -0.3 is 9.80 Å². The largest absolute Gasteiger partial charge is 0.311 e. The van der Waals surface area contributed by atoms with Crippen LogP contribution in [0.2, 0.25) is 0 Å². The average Bonchev–Trinajstić information content (AvgIpc) is 3.14. The molecule has 0 amide bonds. The zero-order valence-corrected chi connectivity index (χ0v) is 27.6. The third-order valence-electron chi connectivity index (χ3n) is 9.70. The Hall–Kier alpha value is -5.86. The fraction of sp³-hybridized carbons (Fsp3) is 0.0870. The van der Waals surface area contributed by atoms with Crippen LogP contribution in [0.3, 0.4) is 0 Å². The van der Waals surface area contributed by atoms with Crippen molar-refractivity contribution in [3.8, 4) is 22.3 Å². The molecule has 48 heavy (non-hydrogen) atoms. The lowest BCUT2D eigenvalue weighted by Gasteiger charge is -2.42. The quantitative estimate of drug-likeness (QED) is 0.183. The van der Waals surface area contributed by atoms with Gasteiger partial charge in [0.2, 0.25) is 0 Å². The van der Waals surface area contributed by atoms with E-state index in [2.05, 4.69) is 206 Å². The van der Waals surface area contributed by atoms with Gasteiger partial charge in [-0.05, 0) is 107 Å². The maximum Gasteiger partial charge on any atom is 0.0503 e. The SMILES string of the molecule is Cc1ccc2c(c1)C(C)(C)c1cc(-c3ccc(N(c4ccccc4)c4ccc(-c5ccccc5)cc4)cc3)ccc1N2c1ccccc1. The highest BCUT2D eigenvalue weighted by molar-refractivity contribution is 5.88. The summed E-state index contributed by atoms with van der Waals surface area (Å²) in [4.78, 5) is 4.74. The lowest BCUT2D eigenvalue weighted by Crippen LogP contribution is -2.30. The van der Waals surface area contributed by atoms with E-state index in [0.29, 0.717) is 0 Å². The molecular weight excluding hydrogens is 581 g/mol. The number of rotatable bonds is 6. The number of anilines is 6. The van der Waals surface area contributed by atoms with Crippen molar-refractivity contribution in [3.63, 3.8) is 0 Å². The first-order chi connectivity index (χ1) is 23.5. The summed E-state index contributed by atoms with van der Waals surface area (Å²) in [6.07, 6.45) is 0. The second kappa shape index (κ2) is 12.1. The van der Waals surface area contributed by atoms with Gasteiger partial charge in [0, 0.05) is 28.2 Å². The summed E-state index contributed by atoms with van der Waals surface area (Å²) in [6.45, 7) is 6.91. The second-order valence-electron chi connectivity index (χ2n) is 13.2. The van der Waals surface area contributed by atoms with Gasteiger partial charge in [0.25, 0.3) is 0 Å². The molecule has 0 unspecified atom stereocenters. The molecule has 7 aromatic carbocycles. The summed E-state index contributed by atoms with van der Waals surface area (Å²) >= 11 is 0. The molecule has 232 valence electrons. The molecule has 8 rings (SSSR count). The molecule has 2 heteroatoms. The Labute approximate surface area is 284 Å². The summed E-state index contributed by atoms with van der Waals surface area (Å²) < 4.78 is 0. The zero-order valence-electron chi connectivity index (χ0n) is 27.6. The van der Waals surface area contributed by atoms with Crippen molar-refractivity contribution in [2.24, 2.45) is 0 Å². The Morgan fingerprint density at radius 1 is 0.417 bits per heavy atom.